The van der Waals surface area contributed by atoms with Crippen molar-refractivity contribution >= 4 is 17.0 Å². The molecule has 0 radical (unpaired) electrons. The standard InChI is InChI=1S/C11H9F3N2S/c1-6-10(17-5-16-6)4-15-11-8(13)2-7(12)3-9(11)14/h2-3,5,15H,4H2,1H3. The highest BCUT2D eigenvalue weighted by Crippen LogP contribution is 2.22. The number of halogens is 3. The fraction of sp³-hybridized carbons (Fsp3) is 0.182. The van der Waals surface area contributed by atoms with Crippen molar-refractivity contribution in [1.82, 2.24) is 4.98 Å². The Morgan fingerprint density at radius 2 is 1.88 bits per heavy atom. The van der Waals surface area contributed by atoms with Crippen molar-refractivity contribution in [3.8, 4) is 0 Å². The Labute approximate surface area is 100 Å². The molecule has 0 bridgehead atoms. The van der Waals surface area contributed by atoms with E-state index in [-0.39, 0.29) is 12.2 Å². The molecule has 6 heteroatoms. The highest BCUT2D eigenvalue weighted by atomic mass is 32.1. The van der Waals surface area contributed by atoms with Crippen LogP contribution in [-0.2, 0) is 6.54 Å². The number of nitrogens with zero attached hydrogens (tertiary/aromatic N) is 1. The van der Waals surface area contributed by atoms with E-state index >= 15 is 0 Å². The van der Waals surface area contributed by atoms with Crippen molar-refractivity contribution in [3.05, 3.63) is 45.7 Å². The normalized spacial score (nSPS) is 10.6. The molecule has 2 rings (SSSR count). The molecule has 1 N–H and O–H groups in total. The van der Waals surface area contributed by atoms with Gasteiger partial charge in [-0.2, -0.15) is 0 Å². The average Bonchev–Trinajstić information content (AvgIpc) is 2.62. The molecule has 0 spiro atoms. The maximum atomic E-state index is 13.3. The zero-order valence-corrected chi connectivity index (χ0v) is 9.75. The lowest BCUT2D eigenvalue weighted by atomic mass is 10.2. The van der Waals surface area contributed by atoms with Crippen LogP contribution in [-0.4, -0.2) is 4.98 Å². The number of anilines is 1. The van der Waals surface area contributed by atoms with Crippen molar-refractivity contribution in [2.45, 2.75) is 13.5 Å². The number of benzene rings is 1. The van der Waals surface area contributed by atoms with E-state index in [1.165, 1.54) is 11.3 Å². The van der Waals surface area contributed by atoms with E-state index < -0.39 is 17.5 Å². The predicted octanol–water partition coefficient (Wildman–Crippen LogP) is 3.48. The van der Waals surface area contributed by atoms with Gasteiger partial charge in [0.2, 0.25) is 0 Å². The average molecular weight is 258 g/mol. The predicted molar refractivity (Wildman–Crippen MR) is 60.5 cm³/mol. The van der Waals surface area contributed by atoms with E-state index in [4.69, 9.17) is 0 Å². The molecule has 2 aromatic rings. The summed E-state index contributed by atoms with van der Waals surface area (Å²) in [6.07, 6.45) is 0. The second kappa shape index (κ2) is 4.75. The lowest BCUT2D eigenvalue weighted by Gasteiger charge is -2.08. The molecule has 0 fully saturated rings. The molecule has 0 unspecified atom stereocenters. The molecule has 1 aromatic carbocycles. The molecule has 0 saturated heterocycles. The van der Waals surface area contributed by atoms with E-state index in [2.05, 4.69) is 10.3 Å². The minimum Gasteiger partial charge on any atom is -0.375 e. The summed E-state index contributed by atoms with van der Waals surface area (Å²) in [5.74, 6) is -2.81. The summed E-state index contributed by atoms with van der Waals surface area (Å²) in [6, 6.07) is 1.29. The molecule has 1 heterocycles. The van der Waals surface area contributed by atoms with Gasteiger partial charge in [-0.25, -0.2) is 18.2 Å². The van der Waals surface area contributed by atoms with Gasteiger partial charge in [0.15, 0.2) is 11.6 Å². The summed E-state index contributed by atoms with van der Waals surface area (Å²) in [6.45, 7) is 2.07. The first-order chi connectivity index (χ1) is 8.08. The third-order valence-electron chi connectivity index (χ3n) is 2.28. The molecule has 90 valence electrons. The molecule has 0 aliphatic heterocycles. The van der Waals surface area contributed by atoms with Gasteiger partial charge in [-0.1, -0.05) is 0 Å². The molecule has 0 aliphatic carbocycles. The number of hydrogen-bond acceptors (Lipinski definition) is 3. The Morgan fingerprint density at radius 1 is 1.24 bits per heavy atom. The first-order valence-electron chi connectivity index (χ1n) is 4.85. The number of thiazole rings is 1. The van der Waals surface area contributed by atoms with Gasteiger partial charge in [-0.15, -0.1) is 11.3 Å². The molecular weight excluding hydrogens is 249 g/mol. The molecule has 17 heavy (non-hydrogen) atoms. The van der Waals surface area contributed by atoms with Crippen LogP contribution in [0.15, 0.2) is 17.6 Å². The number of rotatable bonds is 3. The maximum Gasteiger partial charge on any atom is 0.152 e. The summed E-state index contributed by atoms with van der Waals surface area (Å²) in [5.41, 5.74) is 2.15. The van der Waals surface area contributed by atoms with Crippen molar-refractivity contribution < 1.29 is 13.2 Å². The molecule has 0 aliphatic rings. The lowest BCUT2D eigenvalue weighted by Crippen LogP contribution is -2.04. The fourth-order valence-electron chi connectivity index (χ4n) is 1.38. The summed E-state index contributed by atoms with van der Waals surface area (Å²) < 4.78 is 39.2. The van der Waals surface area contributed by atoms with Gasteiger partial charge in [0.05, 0.1) is 17.7 Å². The quantitative estimate of drug-likeness (QED) is 0.911. The second-order valence-corrected chi connectivity index (χ2v) is 4.40. The number of aromatic nitrogens is 1. The van der Waals surface area contributed by atoms with Crippen LogP contribution < -0.4 is 5.32 Å². The molecule has 0 saturated carbocycles. The number of aryl methyl sites for hydroxylation is 1. The zero-order chi connectivity index (χ0) is 12.4. The van der Waals surface area contributed by atoms with E-state index in [9.17, 15) is 13.2 Å². The SMILES string of the molecule is Cc1ncsc1CNc1c(F)cc(F)cc1F. The maximum absolute atomic E-state index is 13.3. The van der Waals surface area contributed by atoms with Gasteiger partial charge < -0.3 is 5.32 Å². The van der Waals surface area contributed by atoms with Crippen LogP contribution in [0.5, 0.6) is 0 Å². The Balaban J connectivity index is 2.17. The molecular formula is C11H9F3N2S. The summed E-state index contributed by atoms with van der Waals surface area (Å²) in [7, 11) is 0. The van der Waals surface area contributed by atoms with Gasteiger partial charge >= 0.3 is 0 Å². The van der Waals surface area contributed by atoms with Crippen molar-refractivity contribution in [3.63, 3.8) is 0 Å². The first-order valence-corrected chi connectivity index (χ1v) is 5.73. The first kappa shape index (κ1) is 11.9. The summed E-state index contributed by atoms with van der Waals surface area (Å²) >= 11 is 1.39. The van der Waals surface area contributed by atoms with Crippen LogP contribution in [0.4, 0.5) is 18.9 Å². The van der Waals surface area contributed by atoms with Crippen LogP contribution in [0.1, 0.15) is 10.6 Å². The van der Waals surface area contributed by atoms with Crippen LogP contribution in [0, 0.1) is 24.4 Å². The van der Waals surface area contributed by atoms with Gasteiger partial charge in [-0.3, -0.25) is 0 Å². The zero-order valence-electron chi connectivity index (χ0n) is 8.93. The van der Waals surface area contributed by atoms with E-state index in [0.29, 0.717) is 12.1 Å². The van der Waals surface area contributed by atoms with Crippen molar-refractivity contribution in [2.24, 2.45) is 0 Å². The monoisotopic (exact) mass is 258 g/mol. The number of hydrogen-bond donors (Lipinski definition) is 1. The fourth-order valence-corrected chi connectivity index (χ4v) is 2.09. The number of nitrogens with one attached hydrogen (secondary N) is 1. The topological polar surface area (TPSA) is 24.9 Å². The minimum atomic E-state index is -0.940. The highest BCUT2D eigenvalue weighted by molar-refractivity contribution is 7.09. The van der Waals surface area contributed by atoms with Crippen LogP contribution >= 0.6 is 11.3 Å². The Morgan fingerprint density at radius 3 is 2.41 bits per heavy atom. The largest absolute Gasteiger partial charge is 0.375 e. The Kier molecular flexibility index (Phi) is 3.33. The van der Waals surface area contributed by atoms with Gasteiger partial charge in [-0.05, 0) is 6.92 Å². The smallest absolute Gasteiger partial charge is 0.152 e. The molecule has 2 nitrogen and oxygen atoms in total. The second-order valence-electron chi connectivity index (χ2n) is 3.46. The van der Waals surface area contributed by atoms with Crippen molar-refractivity contribution in [2.75, 3.05) is 5.32 Å². The summed E-state index contributed by atoms with van der Waals surface area (Å²) in [5, 5.41) is 2.61. The van der Waals surface area contributed by atoms with E-state index in [1.54, 1.807) is 5.51 Å². The molecule has 0 atom stereocenters. The van der Waals surface area contributed by atoms with Gasteiger partial charge in [0.25, 0.3) is 0 Å². The van der Waals surface area contributed by atoms with Crippen LogP contribution in [0.25, 0.3) is 0 Å². The van der Waals surface area contributed by atoms with Gasteiger partial charge in [0, 0.05) is 17.0 Å². The minimum absolute atomic E-state index is 0.260. The van der Waals surface area contributed by atoms with Crippen LogP contribution in [0.2, 0.25) is 0 Å². The third-order valence-corrected chi connectivity index (χ3v) is 3.21. The van der Waals surface area contributed by atoms with Gasteiger partial charge in [0.1, 0.15) is 11.5 Å². The third kappa shape index (κ3) is 2.58. The van der Waals surface area contributed by atoms with Crippen LogP contribution in [0.3, 0.4) is 0 Å². The molecule has 0 amide bonds. The van der Waals surface area contributed by atoms with Crippen molar-refractivity contribution in [1.29, 1.82) is 0 Å². The molecule has 1 aromatic heterocycles. The summed E-state index contributed by atoms with van der Waals surface area (Å²) in [4.78, 5) is 4.90. The van der Waals surface area contributed by atoms with E-state index in [0.717, 1.165) is 10.6 Å². The Hall–Kier alpha value is -1.56. The Bertz CT molecular complexity index is 516. The lowest BCUT2D eigenvalue weighted by molar-refractivity contribution is 0.547. The highest BCUT2D eigenvalue weighted by Gasteiger charge is 2.11. The van der Waals surface area contributed by atoms with E-state index in [1.807, 2.05) is 6.92 Å².